The Bertz CT molecular complexity index is 362. The fraction of sp³-hybridized carbons (Fsp3) is 0.364. The first-order valence-electron chi connectivity index (χ1n) is 4.77. The van der Waals surface area contributed by atoms with Crippen molar-refractivity contribution in [2.24, 2.45) is 0 Å². The number of hydrogen-bond acceptors (Lipinski definition) is 3. The number of esters is 1. The first-order chi connectivity index (χ1) is 7.56. The van der Waals surface area contributed by atoms with Crippen molar-refractivity contribution < 1.29 is 18.3 Å². The number of methoxy groups -OCH3 is 1. The molecule has 3 nitrogen and oxygen atoms in total. The lowest BCUT2D eigenvalue weighted by molar-refractivity contribution is -0.141. The number of halogens is 2. The lowest BCUT2D eigenvalue weighted by Crippen LogP contribution is -2.21. The van der Waals surface area contributed by atoms with Gasteiger partial charge in [0.25, 0.3) is 0 Å². The predicted molar refractivity (Wildman–Crippen MR) is 54.8 cm³/mol. The van der Waals surface area contributed by atoms with Crippen molar-refractivity contribution in [1.82, 2.24) is 5.32 Å². The van der Waals surface area contributed by atoms with Crippen molar-refractivity contribution in [1.29, 1.82) is 0 Å². The molecule has 88 valence electrons. The molecule has 16 heavy (non-hydrogen) atoms. The Morgan fingerprint density at radius 3 is 2.38 bits per heavy atom. The van der Waals surface area contributed by atoms with Crippen molar-refractivity contribution in [2.75, 3.05) is 14.2 Å². The Kier molecular flexibility index (Phi) is 4.37. The number of rotatable bonds is 4. The van der Waals surface area contributed by atoms with Gasteiger partial charge < -0.3 is 10.1 Å². The predicted octanol–water partition coefficient (Wildman–Crippen LogP) is 1.79. The van der Waals surface area contributed by atoms with Crippen LogP contribution in [0.15, 0.2) is 18.2 Å². The number of hydrogen-bond donors (Lipinski definition) is 1. The lowest BCUT2D eigenvalue weighted by Gasteiger charge is -2.15. The molecule has 0 amide bonds. The molecule has 0 radical (unpaired) electrons. The Labute approximate surface area is 92.4 Å². The topological polar surface area (TPSA) is 38.3 Å². The maximum Gasteiger partial charge on any atom is 0.307 e. The SMILES string of the molecule is CNC(CC(=O)OC)c1cc(F)cc(F)c1. The van der Waals surface area contributed by atoms with E-state index in [1.165, 1.54) is 19.2 Å². The molecule has 0 aliphatic rings. The third-order valence-electron chi connectivity index (χ3n) is 2.23. The largest absolute Gasteiger partial charge is 0.469 e. The molecule has 0 aliphatic carbocycles. The third kappa shape index (κ3) is 3.27. The third-order valence-corrected chi connectivity index (χ3v) is 2.23. The molecule has 1 N–H and O–H groups in total. The van der Waals surface area contributed by atoms with Crippen molar-refractivity contribution in [3.8, 4) is 0 Å². The number of benzene rings is 1. The van der Waals surface area contributed by atoms with Gasteiger partial charge in [0.15, 0.2) is 0 Å². The van der Waals surface area contributed by atoms with E-state index >= 15 is 0 Å². The van der Waals surface area contributed by atoms with Crippen LogP contribution in [-0.4, -0.2) is 20.1 Å². The monoisotopic (exact) mass is 229 g/mol. The van der Waals surface area contributed by atoms with E-state index in [1.807, 2.05) is 0 Å². The quantitative estimate of drug-likeness (QED) is 0.800. The van der Waals surface area contributed by atoms with E-state index < -0.39 is 23.6 Å². The minimum absolute atomic E-state index is 0.0237. The number of ether oxygens (including phenoxy) is 1. The molecule has 0 spiro atoms. The highest BCUT2D eigenvalue weighted by atomic mass is 19.1. The molecule has 1 atom stereocenters. The molecule has 0 bridgehead atoms. The van der Waals surface area contributed by atoms with Gasteiger partial charge in [-0.15, -0.1) is 0 Å². The molecule has 0 fully saturated rings. The summed E-state index contributed by atoms with van der Waals surface area (Å²) in [7, 11) is 2.87. The van der Waals surface area contributed by atoms with E-state index in [-0.39, 0.29) is 6.42 Å². The first kappa shape index (κ1) is 12.6. The van der Waals surface area contributed by atoms with Gasteiger partial charge in [-0.25, -0.2) is 8.78 Å². The molecule has 1 aromatic carbocycles. The van der Waals surface area contributed by atoms with Gasteiger partial charge in [-0.3, -0.25) is 4.79 Å². The fourth-order valence-electron chi connectivity index (χ4n) is 1.41. The summed E-state index contributed by atoms with van der Waals surface area (Å²) < 4.78 is 30.4. The minimum atomic E-state index is -0.667. The van der Waals surface area contributed by atoms with Crippen LogP contribution in [0.2, 0.25) is 0 Å². The highest BCUT2D eigenvalue weighted by Crippen LogP contribution is 2.19. The highest BCUT2D eigenvalue weighted by molar-refractivity contribution is 5.70. The van der Waals surface area contributed by atoms with E-state index in [9.17, 15) is 13.6 Å². The van der Waals surface area contributed by atoms with E-state index in [0.717, 1.165) is 6.07 Å². The summed E-state index contributed by atoms with van der Waals surface area (Å²) in [4.78, 5) is 11.1. The van der Waals surface area contributed by atoms with Crippen LogP contribution in [0, 0.1) is 11.6 Å². The van der Waals surface area contributed by atoms with E-state index in [1.54, 1.807) is 7.05 Å². The minimum Gasteiger partial charge on any atom is -0.469 e. The summed E-state index contributed by atoms with van der Waals surface area (Å²) in [6.07, 6.45) is 0.0237. The van der Waals surface area contributed by atoms with E-state index in [0.29, 0.717) is 5.56 Å². The van der Waals surface area contributed by atoms with Gasteiger partial charge in [-0.05, 0) is 24.7 Å². The Balaban J connectivity index is 2.90. The molecule has 5 heteroatoms. The summed E-state index contributed by atoms with van der Waals surface area (Å²) in [6, 6.07) is 2.70. The lowest BCUT2D eigenvalue weighted by atomic mass is 10.0. The molecular formula is C11H13F2NO2. The van der Waals surface area contributed by atoms with Crippen LogP contribution in [0.1, 0.15) is 18.0 Å². The summed E-state index contributed by atoms with van der Waals surface area (Å²) in [5, 5.41) is 2.80. The van der Waals surface area contributed by atoms with Crippen molar-refractivity contribution >= 4 is 5.97 Å². The molecule has 1 unspecified atom stereocenters. The van der Waals surface area contributed by atoms with Gasteiger partial charge >= 0.3 is 5.97 Å². The normalized spacial score (nSPS) is 12.2. The second kappa shape index (κ2) is 5.55. The standard InChI is InChI=1S/C11H13F2NO2/c1-14-10(6-11(15)16-2)7-3-8(12)5-9(13)4-7/h3-5,10,14H,6H2,1-2H3. The van der Waals surface area contributed by atoms with Crippen LogP contribution in [0.4, 0.5) is 8.78 Å². The Hall–Kier alpha value is -1.49. The van der Waals surface area contributed by atoms with Crippen molar-refractivity contribution in [3.63, 3.8) is 0 Å². The summed E-state index contributed by atoms with van der Waals surface area (Å²) >= 11 is 0. The average Bonchev–Trinajstić information content (AvgIpc) is 2.24. The van der Waals surface area contributed by atoms with Crippen LogP contribution in [0.25, 0.3) is 0 Å². The zero-order valence-electron chi connectivity index (χ0n) is 9.09. The second-order valence-electron chi connectivity index (χ2n) is 3.32. The van der Waals surface area contributed by atoms with Gasteiger partial charge in [0.1, 0.15) is 11.6 Å². The number of nitrogens with one attached hydrogen (secondary N) is 1. The van der Waals surface area contributed by atoms with Crippen molar-refractivity contribution in [3.05, 3.63) is 35.4 Å². The molecule has 1 rings (SSSR count). The molecule has 0 aliphatic heterocycles. The van der Waals surface area contributed by atoms with Gasteiger partial charge in [-0.2, -0.15) is 0 Å². The maximum atomic E-state index is 13.0. The number of carbonyl (C=O) groups excluding carboxylic acids is 1. The van der Waals surface area contributed by atoms with Crippen LogP contribution in [-0.2, 0) is 9.53 Å². The average molecular weight is 229 g/mol. The van der Waals surface area contributed by atoms with Gasteiger partial charge in [0.05, 0.1) is 13.5 Å². The second-order valence-corrected chi connectivity index (χ2v) is 3.32. The molecule has 0 saturated heterocycles. The van der Waals surface area contributed by atoms with Gasteiger partial charge in [0, 0.05) is 12.1 Å². The van der Waals surface area contributed by atoms with E-state index in [4.69, 9.17) is 0 Å². The summed E-state index contributed by atoms with van der Waals surface area (Å²) in [6.45, 7) is 0. The zero-order chi connectivity index (χ0) is 12.1. The first-order valence-corrected chi connectivity index (χ1v) is 4.77. The molecule has 1 aromatic rings. The van der Waals surface area contributed by atoms with Crippen molar-refractivity contribution in [2.45, 2.75) is 12.5 Å². The summed E-state index contributed by atoms with van der Waals surface area (Å²) in [5.74, 6) is -1.77. The molecule has 0 aromatic heterocycles. The highest BCUT2D eigenvalue weighted by Gasteiger charge is 2.16. The molecular weight excluding hydrogens is 216 g/mol. The van der Waals surface area contributed by atoms with E-state index in [2.05, 4.69) is 10.1 Å². The van der Waals surface area contributed by atoms with Crippen LogP contribution < -0.4 is 5.32 Å². The van der Waals surface area contributed by atoms with Crippen LogP contribution in [0.3, 0.4) is 0 Å². The Morgan fingerprint density at radius 1 is 1.38 bits per heavy atom. The molecule has 0 heterocycles. The maximum absolute atomic E-state index is 13.0. The summed E-state index contributed by atoms with van der Waals surface area (Å²) in [5.41, 5.74) is 0.380. The molecule has 0 saturated carbocycles. The van der Waals surface area contributed by atoms with Gasteiger partial charge in [0.2, 0.25) is 0 Å². The Morgan fingerprint density at radius 2 is 1.94 bits per heavy atom. The number of carbonyl (C=O) groups is 1. The van der Waals surface area contributed by atoms with Crippen LogP contribution >= 0.6 is 0 Å². The van der Waals surface area contributed by atoms with Gasteiger partial charge in [-0.1, -0.05) is 0 Å². The zero-order valence-corrected chi connectivity index (χ0v) is 9.09. The smallest absolute Gasteiger partial charge is 0.307 e. The van der Waals surface area contributed by atoms with Crippen LogP contribution in [0.5, 0.6) is 0 Å². The fourth-order valence-corrected chi connectivity index (χ4v) is 1.41.